The number of ketones is 1. The van der Waals surface area contributed by atoms with E-state index in [0.29, 0.717) is 6.29 Å². The van der Waals surface area contributed by atoms with Gasteiger partial charge in [-0.3, -0.25) is 9.59 Å². The van der Waals surface area contributed by atoms with Gasteiger partial charge in [-0.1, -0.05) is 18.2 Å². The van der Waals surface area contributed by atoms with Gasteiger partial charge in [0, 0.05) is 16.7 Å². The van der Waals surface area contributed by atoms with Gasteiger partial charge in [-0.25, -0.2) is 8.78 Å². The molecular formula is C10H8F2O2. The fourth-order valence-electron chi connectivity index (χ4n) is 1.24. The second-order valence-corrected chi connectivity index (χ2v) is 2.78. The van der Waals surface area contributed by atoms with Crippen molar-refractivity contribution < 1.29 is 18.4 Å². The van der Waals surface area contributed by atoms with Crippen LogP contribution in [-0.4, -0.2) is 12.1 Å². The van der Waals surface area contributed by atoms with Crippen molar-refractivity contribution in [2.45, 2.75) is 13.3 Å². The van der Waals surface area contributed by atoms with E-state index in [1.807, 2.05) is 0 Å². The molecule has 0 radical (unpaired) electrons. The number of benzene rings is 1. The van der Waals surface area contributed by atoms with E-state index >= 15 is 0 Å². The number of rotatable bonds is 3. The second-order valence-electron chi connectivity index (χ2n) is 2.78. The quantitative estimate of drug-likeness (QED) is 0.552. The van der Waals surface area contributed by atoms with E-state index in [1.54, 1.807) is 0 Å². The molecule has 0 fully saturated rings. The molecule has 1 aromatic carbocycles. The van der Waals surface area contributed by atoms with E-state index in [4.69, 9.17) is 0 Å². The van der Waals surface area contributed by atoms with Crippen molar-refractivity contribution in [1.29, 1.82) is 0 Å². The van der Waals surface area contributed by atoms with Gasteiger partial charge in [-0.05, 0) is 6.92 Å². The van der Waals surface area contributed by atoms with Crippen molar-refractivity contribution in [3.8, 4) is 0 Å². The van der Waals surface area contributed by atoms with E-state index in [2.05, 4.69) is 0 Å². The smallest absolute Gasteiger partial charge is 0.265 e. The third-order valence-electron chi connectivity index (χ3n) is 1.86. The van der Waals surface area contributed by atoms with Crippen molar-refractivity contribution >= 4 is 12.1 Å². The molecule has 1 aromatic rings. The summed E-state index contributed by atoms with van der Waals surface area (Å²) in [5, 5.41) is 0. The molecule has 0 amide bonds. The van der Waals surface area contributed by atoms with Crippen molar-refractivity contribution in [2.24, 2.45) is 0 Å². The van der Waals surface area contributed by atoms with Crippen LogP contribution in [0.3, 0.4) is 0 Å². The van der Waals surface area contributed by atoms with E-state index in [-0.39, 0.29) is 11.1 Å². The first-order chi connectivity index (χ1) is 6.57. The van der Waals surface area contributed by atoms with Crippen LogP contribution in [0.5, 0.6) is 0 Å². The molecule has 0 unspecified atom stereocenters. The summed E-state index contributed by atoms with van der Waals surface area (Å²) in [4.78, 5) is 21.5. The number of carbonyl (C=O) groups is 2. The number of hydrogen-bond donors (Lipinski definition) is 0. The topological polar surface area (TPSA) is 34.1 Å². The lowest BCUT2D eigenvalue weighted by Crippen LogP contribution is -2.03. The van der Waals surface area contributed by atoms with Gasteiger partial charge in [0.25, 0.3) is 6.43 Å². The SMILES string of the molecule is CC(=O)c1cccc(C=O)c1C(F)F. The monoisotopic (exact) mass is 198 g/mol. The van der Waals surface area contributed by atoms with Crippen LogP contribution >= 0.6 is 0 Å². The van der Waals surface area contributed by atoms with Gasteiger partial charge in [0.05, 0.1) is 0 Å². The Balaban J connectivity index is 3.43. The zero-order chi connectivity index (χ0) is 10.7. The van der Waals surface area contributed by atoms with Gasteiger partial charge in [-0.15, -0.1) is 0 Å². The minimum atomic E-state index is -2.81. The van der Waals surface area contributed by atoms with Crippen LogP contribution in [0.2, 0.25) is 0 Å². The maximum Gasteiger partial charge on any atom is 0.265 e. The summed E-state index contributed by atoms with van der Waals surface area (Å²) < 4.78 is 25.0. The molecule has 0 atom stereocenters. The number of hydrogen-bond acceptors (Lipinski definition) is 2. The predicted molar refractivity (Wildman–Crippen MR) is 46.8 cm³/mol. The van der Waals surface area contributed by atoms with Crippen LogP contribution in [0.4, 0.5) is 8.78 Å². The Labute approximate surface area is 79.5 Å². The molecule has 14 heavy (non-hydrogen) atoms. The molecule has 0 aliphatic rings. The van der Waals surface area contributed by atoms with Crippen molar-refractivity contribution in [3.63, 3.8) is 0 Å². The molecule has 0 saturated carbocycles. The van der Waals surface area contributed by atoms with Crippen LogP contribution in [0.15, 0.2) is 18.2 Å². The van der Waals surface area contributed by atoms with Crippen LogP contribution in [0.1, 0.15) is 39.6 Å². The fraction of sp³-hybridized carbons (Fsp3) is 0.200. The third-order valence-corrected chi connectivity index (χ3v) is 1.86. The highest BCUT2D eigenvalue weighted by molar-refractivity contribution is 5.98. The molecule has 0 bridgehead atoms. The molecule has 0 saturated heterocycles. The first kappa shape index (κ1) is 10.5. The van der Waals surface area contributed by atoms with Gasteiger partial charge in [0.15, 0.2) is 12.1 Å². The molecule has 74 valence electrons. The minimum absolute atomic E-state index is 0.0930. The zero-order valence-corrected chi connectivity index (χ0v) is 7.46. The van der Waals surface area contributed by atoms with E-state index < -0.39 is 17.8 Å². The summed E-state index contributed by atoms with van der Waals surface area (Å²) in [6.45, 7) is 1.19. The highest BCUT2D eigenvalue weighted by atomic mass is 19.3. The van der Waals surface area contributed by atoms with Gasteiger partial charge in [0.1, 0.15) is 0 Å². The molecule has 4 heteroatoms. The number of halogens is 2. The van der Waals surface area contributed by atoms with Crippen molar-refractivity contribution in [2.75, 3.05) is 0 Å². The summed E-state index contributed by atoms with van der Waals surface area (Å²) in [5.41, 5.74) is -0.702. The largest absolute Gasteiger partial charge is 0.298 e. The number of Topliss-reactive ketones (excluding diaryl/α,β-unsaturated/α-hetero) is 1. The maximum atomic E-state index is 12.5. The predicted octanol–water partition coefficient (Wildman–Crippen LogP) is 2.64. The Morgan fingerprint density at radius 2 is 2.07 bits per heavy atom. The Kier molecular flexibility index (Phi) is 3.06. The van der Waals surface area contributed by atoms with Crippen LogP contribution in [-0.2, 0) is 0 Å². The van der Waals surface area contributed by atoms with Gasteiger partial charge in [-0.2, -0.15) is 0 Å². The zero-order valence-electron chi connectivity index (χ0n) is 7.46. The summed E-state index contributed by atoms with van der Waals surface area (Å²) in [6, 6.07) is 3.96. The molecule has 0 aliphatic heterocycles. The summed E-state index contributed by atoms with van der Waals surface area (Å²) in [5.74, 6) is -0.469. The van der Waals surface area contributed by atoms with Gasteiger partial charge in [0.2, 0.25) is 0 Å². The third kappa shape index (κ3) is 1.84. The maximum absolute atomic E-state index is 12.5. The van der Waals surface area contributed by atoms with E-state index in [0.717, 1.165) is 0 Å². The molecule has 0 aromatic heterocycles. The van der Waals surface area contributed by atoms with Gasteiger partial charge >= 0.3 is 0 Å². The molecule has 0 heterocycles. The van der Waals surface area contributed by atoms with Crippen LogP contribution in [0, 0.1) is 0 Å². The summed E-state index contributed by atoms with van der Waals surface area (Å²) in [7, 11) is 0. The second kappa shape index (κ2) is 4.09. The van der Waals surface area contributed by atoms with Crippen LogP contribution in [0.25, 0.3) is 0 Å². The number of carbonyl (C=O) groups excluding carboxylic acids is 2. The molecule has 0 N–H and O–H groups in total. The van der Waals surface area contributed by atoms with E-state index in [9.17, 15) is 18.4 Å². The lowest BCUT2D eigenvalue weighted by molar-refractivity contribution is 0.0997. The Hall–Kier alpha value is -1.58. The number of alkyl halides is 2. The standard InChI is InChI=1S/C10H8F2O2/c1-6(14)8-4-2-3-7(5-13)9(8)10(11)12/h2-5,10H,1H3. The Morgan fingerprint density at radius 3 is 2.50 bits per heavy atom. The average Bonchev–Trinajstić information content (AvgIpc) is 2.16. The molecule has 0 aliphatic carbocycles. The normalized spacial score (nSPS) is 10.3. The van der Waals surface area contributed by atoms with Crippen LogP contribution < -0.4 is 0 Å². The molecule has 0 spiro atoms. The average molecular weight is 198 g/mol. The summed E-state index contributed by atoms with van der Waals surface area (Å²) >= 11 is 0. The minimum Gasteiger partial charge on any atom is -0.298 e. The molecule has 2 nitrogen and oxygen atoms in total. The molecular weight excluding hydrogens is 190 g/mol. The first-order valence-corrected chi connectivity index (χ1v) is 3.95. The lowest BCUT2D eigenvalue weighted by atomic mass is 9.99. The summed E-state index contributed by atoms with van der Waals surface area (Å²) in [6.07, 6.45) is -2.48. The Morgan fingerprint density at radius 1 is 1.43 bits per heavy atom. The van der Waals surface area contributed by atoms with Crippen molar-refractivity contribution in [3.05, 3.63) is 34.9 Å². The highest BCUT2D eigenvalue weighted by Crippen LogP contribution is 2.26. The highest BCUT2D eigenvalue weighted by Gasteiger charge is 2.19. The fourth-order valence-corrected chi connectivity index (χ4v) is 1.24. The van der Waals surface area contributed by atoms with E-state index in [1.165, 1.54) is 25.1 Å². The lowest BCUT2D eigenvalue weighted by Gasteiger charge is -2.07. The Bertz CT molecular complexity index is 372. The van der Waals surface area contributed by atoms with Crippen molar-refractivity contribution in [1.82, 2.24) is 0 Å². The number of aldehydes is 1. The molecule has 1 rings (SSSR count). The van der Waals surface area contributed by atoms with Gasteiger partial charge < -0.3 is 0 Å². The first-order valence-electron chi connectivity index (χ1n) is 3.95.